The second-order valence-corrected chi connectivity index (χ2v) is 5.34. The van der Waals surface area contributed by atoms with Crippen LogP contribution in [0.4, 0.5) is 0 Å². The third kappa shape index (κ3) is 2.99. The van der Waals surface area contributed by atoms with Crippen LogP contribution in [0.2, 0.25) is 0 Å². The van der Waals surface area contributed by atoms with Crippen molar-refractivity contribution in [2.45, 2.75) is 19.3 Å². The van der Waals surface area contributed by atoms with Gasteiger partial charge in [-0.05, 0) is 18.1 Å². The third-order valence-corrected chi connectivity index (χ3v) is 3.93. The van der Waals surface area contributed by atoms with Crippen LogP contribution in [0.15, 0.2) is 41.8 Å². The fraction of sp³-hybridized carbons (Fsp3) is 0.353. The zero-order chi connectivity index (χ0) is 15.4. The number of aliphatic hydroxyl groups excluding tert-OH is 1. The fourth-order valence-corrected chi connectivity index (χ4v) is 2.82. The van der Waals surface area contributed by atoms with Gasteiger partial charge in [0.15, 0.2) is 0 Å². The number of aromatic amines is 1. The van der Waals surface area contributed by atoms with Crippen LogP contribution < -0.4 is 5.32 Å². The molecule has 5 nitrogen and oxygen atoms in total. The van der Waals surface area contributed by atoms with E-state index >= 15 is 0 Å². The first-order valence-corrected chi connectivity index (χ1v) is 7.58. The molecule has 0 spiro atoms. The van der Waals surface area contributed by atoms with E-state index in [-0.39, 0.29) is 12.5 Å². The number of aromatic nitrogens is 1. The van der Waals surface area contributed by atoms with E-state index in [0.717, 1.165) is 11.9 Å². The van der Waals surface area contributed by atoms with E-state index in [0.29, 0.717) is 37.3 Å². The number of amides is 1. The van der Waals surface area contributed by atoms with E-state index in [4.69, 9.17) is 9.84 Å². The van der Waals surface area contributed by atoms with E-state index in [2.05, 4.69) is 16.4 Å². The molecule has 0 bridgehead atoms. The molecule has 22 heavy (non-hydrogen) atoms. The van der Waals surface area contributed by atoms with Gasteiger partial charge in [-0.25, -0.2) is 0 Å². The molecule has 1 amide bonds. The van der Waals surface area contributed by atoms with Gasteiger partial charge in [-0.3, -0.25) is 4.79 Å². The molecule has 0 unspecified atom stereocenters. The second kappa shape index (κ2) is 6.66. The number of ether oxygens (including phenoxy) is 1. The van der Waals surface area contributed by atoms with Crippen molar-refractivity contribution in [3.8, 4) is 0 Å². The van der Waals surface area contributed by atoms with Crippen LogP contribution in [0.5, 0.6) is 0 Å². The number of carbonyl (C=O) groups is 1. The molecule has 0 saturated heterocycles. The molecular weight excluding hydrogens is 280 g/mol. The van der Waals surface area contributed by atoms with Gasteiger partial charge in [0.05, 0.1) is 18.8 Å². The van der Waals surface area contributed by atoms with Crippen molar-refractivity contribution in [3.63, 3.8) is 0 Å². The van der Waals surface area contributed by atoms with E-state index in [1.165, 1.54) is 10.9 Å². The summed E-state index contributed by atoms with van der Waals surface area (Å²) in [5, 5.41) is 13.1. The van der Waals surface area contributed by atoms with Crippen LogP contribution in [-0.2, 0) is 16.0 Å². The molecule has 1 aliphatic rings. The molecule has 0 radical (unpaired) electrons. The number of H-pyrrole nitrogens is 1. The zero-order valence-electron chi connectivity index (χ0n) is 12.4. The highest BCUT2D eigenvalue weighted by atomic mass is 16.5. The average molecular weight is 300 g/mol. The van der Waals surface area contributed by atoms with Gasteiger partial charge in [0.1, 0.15) is 5.76 Å². The number of nitrogens with one attached hydrogen (secondary N) is 2. The molecule has 5 heteroatoms. The minimum Gasteiger partial charge on any atom is -0.497 e. The van der Waals surface area contributed by atoms with Gasteiger partial charge in [0, 0.05) is 36.5 Å². The number of aliphatic hydroxyl groups is 1. The molecule has 1 aromatic heterocycles. The maximum atomic E-state index is 12.2. The molecule has 2 heterocycles. The first kappa shape index (κ1) is 14.7. The molecule has 3 rings (SSSR count). The third-order valence-electron chi connectivity index (χ3n) is 3.93. The molecule has 116 valence electrons. The highest BCUT2D eigenvalue weighted by Crippen LogP contribution is 2.22. The van der Waals surface area contributed by atoms with Crippen molar-refractivity contribution in [1.29, 1.82) is 0 Å². The van der Waals surface area contributed by atoms with Crippen molar-refractivity contribution in [2.24, 2.45) is 0 Å². The molecule has 3 N–H and O–H groups in total. The lowest BCUT2D eigenvalue weighted by Gasteiger charge is -2.07. The molecule has 0 atom stereocenters. The first-order chi connectivity index (χ1) is 10.8. The summed E-state index contributed by atoms with van der Waals surface area (Å²) >= 11 is 0. The lowest BCUT2D eigenvalue weighted by Crippen LogP contribution is -2.27. The fourth-order valence-electron chi connectivity index (χ4n) is 2.82. The Kier molecular flexibility index (Phi) is 4.44. The molecule has 0 aliphatic carbocycles. The predicted molar refractivity (Wildman–Crippen MR) is 84.3 cm³/mol. The largest absolute Gasteiger partial charge is 0.497 e. The normalized spacial score (nSPS) is 14.4. The zero-order valence-corrected chi connectivity index (χ0v) is 12.4. The van der Waals surface area contributed by atoms with Gasteiger partial charge in [0.25, 0.3) is 5.91 Å². The second-order valence-electron chi connectivity index (χ2n) is 5.34. The van der Waals surface area contributed by atoms with Crippen LogP contribution in [0.25, 0.3) is 10.9 Å². The van der Waals surface area contributed by atoms with Gasteiger partial charge in [0.2, 0.25) is 0 Å². The highest BCUT2D eigenvalue weighted by molar-refractivity contribution is 5.94. The summed E-state index contributed by atoms with van der Waals surface area (Å²) in [6.07, 6.45) is 3.80. The summed E-state index contributed by atoms with van der Waals surface area (Å²) in [5.74, 6) is 0.549. The van der Waals surface area contributed by atoms with Crippen molar-refractivity contribution in [2.75, 3.05) is 19.8 Å². The maximum Gasteiger partial charge on any atom is 0.250 e. The van der Waals surface area contributed by atoms with Crippen molar-refractivity contribution in [1.82, 2.24) is 10.3 Å². The number of hydrogen-bond donors (Lipinski definition) is 3. The Balaban J connectivity index is 1.59. The summed E-state index contributed by atoms with van der Waals surface area (Å²) in [6.45, 7) is 1.11. The van der Waals surface area contributed by atoms with Gasteiger partial charge in [-0.2, -0.15) is 0 Å². The van der Waals surface area contributed by atoms with E-state index in [1.54, 1.807) is 0 Å². The molecule has 1 aromatic carbocycles. The van der Waals surface area contributed by atoms with Crippen LogP contribution in [0.3, 0.4) is 0 Å². The summed E-state index contributed by atoms with van der Waals surface area (Å²) < 4.78 is 5.39. The number of benzene rings is 1. The smallest absolute Gasteiger partial charge is 0.250 e. The Bertz CT molecular complexity index is 703. The minimum absolute atomic E-state index is 0.00144. The van der Waals surface area contributed by atoms with Gasteiger partial charge < -0.3 is 20.1 Å². The molecule has 2 aromatic rings. The average Bonchev–Trinajstić information content (AvgIpc) is 3.15. The molecule has 0 fully saturated rings. The van der Waals surface area contributed by atoms with Crippen LogP contribution in [0.1, 0.15) is 18.4 Å². The Hall–Kier alpha value is -2.27. The van der Waals surface area contributed by atoms with Crippen molar-refractivity contribution in [3.05, 3.63) is 47.4 Å². The Morgan fingerprint density at radius 1 is 1.32 bits per heavy atom. The summed E-state index contributed by atoms with van der Waals surface area (Å²) in [6, 6.07) is 8.13. The monoisotopic (exact) mass is 300 g/mol. The van der Waals surface area contributed by atoms with E-state index in [1.807, 2.05) is 24.4 Å². The SMILES string of the molecule is O=C(NCCc1c[nH]c2ccccc12)C1=C(CCO)OCC1. The van der Waals surface area contributed by atoms with Gasteiger partial charge in [-0.15, -0.1) is 0 Å². The Labute approximate surface area is 129 Å². The number of fused-ring (bicyclic) bond motifs is 1. The predicted octanol–water partition coefficient (Wildman–Crippen LogP) is 1.88. The van der Waals surface area contributed by atoms with Crippen molar-refractivity contribution < 1.29 is 14.6 Å². The molecule has 0 saturated carbocycles. The molecular formula is C17H20N2O3. The topological polar surface area (TPSA) is 74.4 Å². The lowest BCUT2D eigenvalue weighted by molar-refractivity contribution is -0.117. The Morgan fingerprint density at radius 3 is 3.05 bits per heavy atom. The van der Waals surface area contributed by atoms with Crippen LogP contribution in [-0.4, -0.2) is 35.8 Å². The van der Waals surface area contributed by atoms with E-state index < -0.39 is 0 Å². The highest BCUT2D eigenvalue weighted by Gasteiger charge is 2.21. The number of para-hydroxylation sites is 1. The number of carbonyl (C=O) groups excluding carboxylic acids is 1. The van der Waals surface area contributed by atoms with Crippen molar-refractivity contribution >= 4 is 16.8 Å². The van der Waals surface area contributed by atoms with E-state index in [9.17, 15) is 4.79 Å². The molecule has 1 aliphatic heterocycles. The standard InChI is InChI=1S/C17H20N2O3/c20-9-6-16-14(7-10-22-16)17(21)18-8-5-12-11-19-15-4-2-1-3-13(12)15/h1-4,11,19-20H,5-10H2,(H,18,21). The lowest BCUT2D eigenvalue weighted by atomic mass is 10.1. The minimum atomic E-state index is -0.0826. The number of rotatable bonds is 6. The van der Waals surface area contributed by atoms with Crippen LogP contribution in [0, 0.1) is 0 Å². The summed E-state index contributed by atoms with van der Waals surface area (Å²) in [4.78, 5) is 15.4. The summed E-state index contributed by atoms with van der Waals surface area (Å²) in [5.41, 5.74) is 2.98. The number of hydrogen-bond acceptors (Lipinski definition) is 3. The Morgan fingerprint density at radius 2 is 2.18 bits per heavy atom. The first-order valence-electron chi connectivity index (χ1n) is 7.58. The van der Waals surface area contributed by atoms with Crippen LogP contribution >= 0.6 is 0 Å². The quantitative estimate of drug-likeness (QED) is 0.762. The summed E-state index contributed by atoms with van der Waals surface area (Å²) in [7, 11) is 0. The van der Waals surface area contributed by atoms with Gasteiger partial charge in [-0.1, -0.05) is 18.2 Å². The van der Waals surface area contributed by atoms with Gasteiger partial charge >= 0.3 is 0 Å². The maximum absolute atomic E-state index is 12.2.